The summed E-state index contributed by atoms with van der Waals surface area (Å²) in [7, 11) is -3.78. The van der Waals surface area contributed by atoms with Crippen molar-refractivity contribution in [2.24, 2.45) is 0 Å². The maximum Gasteiger partial charge on any atom is 0.449 e. The van der Waals surface area contributed by atoms with Crippen LogP contribution >= 0.6 is 0 Å². The number of ketones is 1. The van der Waals surface area contributed by atoms with E-state index in [0.29, 0.717) is 22.3 Å². The van der Waals surface area contributed by atoms with E-state index in [-0.39, 0.29) is 29.7 Å². The van der Waals surface area contributed by atoms with Crippen LogP contribution in [0.25, 0.3) is 21.9 Å². The number of sulfone groups is 1. The lowest BCUT2D eigenvalue weighted by Crippen LogP contribution is -2.30. The Morgan fingerprint density at radius 3 is 2.23 bits per heavy atom. The fraction of sp³-hybridized carbons (Fsp3) is 0.176. The maximum absolute atomic E-state index is 14.1. The van der Waals surface area contributed by atoms with Gasteiger partial charge in [0.05, 0.1) is 17.0 Å². The molecule has 5 rings (SSSR count). The number of amides is 1. The van der Waals surface area contributed by atoms with E-state index in [0.717, 1.165) is 22.4 Å². The van der Waals surface area contributed by atoms with Crippen molar-refractivity contribution in [2.45, 2.75) is 38.0 Å². The standard InChI is InChI=1S/C34H28F3NO5S/c1-22-10-13-26-6-3-4-9-30(26)32(22)33(40)38(20-28-16-17-31(43-28)34(35,36)37)19-24-11-14-25(15-12-24)27-7-5-8-29(18-27)44(41,42)21-23(2)39/h3-18H,19-21H2,1-2H3. The molecule has 1 amide bonds. The predicted molar refractivity (Wildman–Crippen MR) is 161 cm³/mol. The molecule has 0 bridgehead atoms. The van der Waals surface area contributed by atoms with Gasteiger partial charge in [-0.25, -0.2) is 8.42 Å². The molecule has 0 atom stereocenters. The Morgan fingerprint density at radius 2 is 1.55 bits per heavy atom. The van der Waals surface area contributed by atoms with Crippen molar-refractivity contribution in [3.05, 3.63) is 125 Å². The summed E-state index contributed by atoms with van der Waals surface area (Å²) in [6.07, 6.45) is -4.65. The van der Waals surface area contributed by atoms with Crippen LogP contribution in [0.15, 0.2) is 106 Å². The highest BCUT2D eigenvalue weighted by molar-refractivity contribution is 7.92. The van der Waals surface area contributed by atoms with Gasteiger partial charge in [0, 0.05) is 6.54 Å². The molecule has 1 aromatic heterocycles. The number of hydrogen-bond acceptors (Lipinski definition) is 5. The van der Waals surface area contributed by atoms with E-state index in [9.17, 15) is 31.2 Å². The second kappa shape index (κ2) is 12.1. The molecule has 0 aliphatic carbocycles. The number of benzene rings is 4. The summed E-state index contributed by atoms with van der Waals surface area (Å²) < 4.78 is 69.9. The fourth-order valence-electron chi connectivity index (χ4n) is 5.07. The number of hydrogen-bond donors (Lipinski definition) is 0. The number of Topliss-reactive ketones (excluding diaryl/α,β-unsaturated/α-hetero) is 1. The van der Waals surface area contributed by atoms with Crippen LogP contribution < -0.4 is 0 Å². The molecule has 0 spiro atoms. The van der Waals surface area contributed by atoms with Crippen LogP contribution in [0.3, 0.4) is 0 Å². The molecule has 0 saturated heterocycles. The quantitative estimate of drug-likeness (QED) is 0.169. The lowest BCUT2D eigenvalue weighted by molar-refractivity contribution is -0.153. The molecule has 0 fully saturated rings. The molecule has 0 aliphatic heterocycles. The molecule has 0 unspecified atom stereocenters. The first kappa shape index (κ1) is 30.7. The first-order chi connectivity index (χ1) is 20.8. The van der Waals surface area contributed by atoms with Crippen LogP contribution in [-0.2, 0) is 33.9 Å². The van der Waals surface area contributed by atoms with Crippen molar-refractivity contribution in [1.82, 2.24) is 4.90 Å². The van der Waals surface area contributed by atoms with Crippen molar-refractivity contribution >= 4 is 32.3 Å². The van der Waals surface area contributed by atoms with E-state index in [2.05, 4.69) is 0 Å². The average Bonchev–Trinajstić information content (AvgIpc) is 3.46. The first-order valence-corrected chi connectivity index (χ1v) is 15.3. The van der Waals surface area contributed by atoms with E-state index >= 15 is 0 Å². The maximum atomic E-state index is 14.1. The molecule has 10 heteroatoms. The fourth-order valence-corrected chi connectivity index (χ4v) is 6.36. The van der Waals surface area contributed by atoms with Gasteiger partial charge in [-0.05, 0) is 71.1 Å². The highest BCUT2D eigenvalue weighted by Gasteiger charge is 2.35. The molecule has 44 heavy (non-hydrogen) atoms. The van der Waals surface area contributed by atoms with Crippen LogP contribution in [0.2, 0.25) is 0 Å². The zero-order valence-electron chi connectivity index (χ0n) is 23.9. The van der Waals surface area contributed by atoms with Crippen molar-refractivity contribution in [3.63, 3.8) is 0 Å². The predicted octanol–water partition coefficient (Wildman–Crippen LogP) is 7.63. The highest BCUT2D eigenvalue weighted by Crippen LogP contribution is 2.32. The van der Waals surface area contributed by atoms with E-state index in [1.54, 1.807) is 36.4 Å². The van der Waals surface area contributed by atoms with Crippen molar-refractivity contribution in [1.29, 1.82) is 0 Å². The van der Waals surface area contributed by atoms with E-state index in [1.165, 1.54) is 30.0 Å². The number of alkyl halides is 3. The summed E-state index contributed by atoms with van der Waals surface area (Å²) >= 11 is 0. The van der Waals surface area contributed by atoms with Gasteiger partial charge in [0.2, 0.25) is 5.76 Å². The lowest BCUT2D eigenvalue weighted by Gasteiger charge is -2.24. The number of carbonyl (C=O) groups is 2. The van der Waals surface area contributed by atoms with Crippen molar-refractivity contribution in [2.75, 3.05) is 5.75 Å². The third-order valence-electron chi connectivity index (χ3n) is 7.17. The van der Waals surface area contributed by atoms with Crippen molar-refractivity contribution in [3.8, 4) is 11.1 Å². The minimum Gasteiger partial charge on any atom is -0.455 e. The summed E-state index contributed by atoms with van der Waals surface area (Å²) in [5.41, 5.74) is 3.20. The smallest absolute Gasteiger partial charge is 0.449 e. The zero-order valence-corrected chi connectivity index (χ0v) is 24.7. The van der Waals surface area contributed by atoms with Gasteiger partial charge in [0.25, 0.3) is 5.91 Å². The number of rotatable bonds is 9. The number of aryl methyl sites for hydroxylation is 1. The second-order valence-corrected chi connectivity index (χ2v) is 12.6. The molecule has 4 aromatic carbocycles. The SMILES string of the molecule is CC(=O)CS(=O)(=O)c1cccc(-c2ccc(CN(Cc3ccc(C(F)(F)F)o3)C(=O)c3c(C)ccc4ccccc34)cc2)c1. The first-order valence-electron chi connectivity index (χ1n) is 13.7. The Hall–Kier alpha value is -4.70. The minimum absolute atomic E-state index is 0.0104. The normalized spacial score (nSPS) is 11.9. The van der Waals surface area contributed by atoms with Crippen LogP contribution in [0, 0.1) is 6.92 Å². The van der Waals surface area contributed by atoms with Crippen molar-refractivity contribution < 1.29 is 35.6 Å². The Balaban J connectivity index is 1.47. The van der Waals surface area contributed by atoms with E-state index in [4.69, 9.17) is 4.42 Å². The lowest BCUT2D eigenvalue weighted by atomic mass is 9.98. The third kappa shape index (κ3) is 6.75. The molecule has 0 aliphatic rings. The molecule has 226 valence electrons. The summed E-state index contributed by atoms with van der Waals surface area (Å²) in [6.45, 7) is 2.90. The Morgan fingerprint density at radius 1 is 0.818 bits per heavy atom. The third-order valence-corrected chi connectivity index (χ3v) is 8.93. The summed E-state index contributed by atoms with van der Waals surface area (Å²) in [4.78, 5) is 27.0. The monoisotopic (exact) mass is 619 g/mol. The molecule has 0 radical (unpaired) electrons. The topological polar surface area (TPSA) is 84.7 Å². The molecular formula is C34H28F3NO5S. The van der Waals surface area contributed by atoms with Crippen LogP contribution in [-0.4, -0.2) is 30.8 Å². The van der Waals surface area contributed by atoms with Gasteiger partial charge in [0.15, 0.2) is 9.84 Å². The minimum atomic E-state index is -4.65. The number of fused-ring (bicyclic) bond motifs is 1. The summed E-state index contributed by atoms with van der Waals surface area (Å²) in [5.74, 6) is -2.56. The molecular weight excluding hydrogens is 591 g/mol. The Labute approximate surface area is 252 Å². The second-order valence-electron chi connectivity index (χ2n) is 10.6. The van der Waals surface area contributed by atoms with E-state index in [1.807, 2.05) is 43.3 Å². The van der Waals surface area contributed by atoms with Gasteiger partial charge >= 0.3 is 6.18 Å². The Kier molecular flexibility index (Phi) is 8.47. The molecule has 0 N–H and O–H groups in total. The van der Waals surface area contributed by atoms with Gasteiger partial charge in [-0.1, -0.05) is 72.8 Å². The highest BCUT2D eigenvalue weighted by atomic mass is 32.2. The number of halogens is 3. The molecule has 1 heterocycles. The van der Waals surface area contributed by atoms with Crippen LogP contribution in [0.1, 0.15) is 39.9 Å². The number of carbonyl (C=O) groups excluding carboxylic acids is 2. The van der Waals surface area contributed by atoms with Gasteiger partial charge in [-0.3, -0.25) is 9.59 Å². The van der Waals surface area contributed by atoms with Crippen LogP contribution in [0.5, 0.6) is 0 Å². The molecule has 5 aromatic rings. The Bertz CT molecular complexity index is 1960. The van der Waals surface area contributed by atoms with E-state index < -0.39 is 33.3 Å². The molecule has 6 nitrogen and oxygen atoms in total. The van der Waals surface area contributed by atoms with Gasteiger partial charge in [-0.15, -0.1) is 0 Å². The average molecular weight is 620 g/mol. The summed E-state index contributed by atoms with van der Waals surface area (Å²) in [6, 6.07) is 26.6. The molecule has 0 saturated carbocycles. The number of furan rings is 1. The van der Waals surface area contributed by atoms with Crippen LogP contribution in [0.4, 0.5) is 13.2 Å². The largest absolute Gasteiger partial charge is 0.455 e. The van der Waals surface area contributed by atoms with Gasteiger partial charge < -0.3 is 9.32 Å². The van der Waals surface area contributed by atoms with Gasteiger partial charge in [0.1, 0.15) is 17.3 Å². The summed E-state index contributed by atoms with van der Waals surface area (Å²) in [5, 5.41) is 1.59. The number of nitrogens with zero attached hydrogens (tertiary/aromatic N) is 1. The zero-order chi connectivity index (χ0) is 31.6. The van der Waals surface area contributed by atoms with Gasteiger partial charge in [-0.2, -0.15) is 13.2 Å².